The van der Waals surface area contributed by atoms with E-state index >= 15 is 0 Å². The van der Waals surface area contributed by atoms with Crippen LogP contribution < -0.4 is 0 Å². The monoisotopic (exact) mass is 210 g/mol. The van der Waals surface area contributed by atoms with Crippen molar-refractivity contribution in [3.8, 4) is 0 Å². The summed E-state index contributed by atoms with van der Waals surface area (Å²) in [5.41, 5.74) is 0. The Morgan fingerprint density at radius 3 is 2.93 bits per heavy atom. The molecule has 0 saturated heterocycles. The van der Waals surface area contributed by atoms with E-state index in [4.69, 9.17) is 9.47 Å². The minimum atomic E-state index is 0.260. The van der Waals surface area contributed by atoms with E-state index in [0.29, 0.717) is 5.92 Å². The van der Waals surface area contributed by atoms with Crippen LogP contribution in [0.25, 0.3) is 0 Å². The first kappa shape index (κ1) is 10.5. The topological polar surface area (TPSA) is 43.2 Å². The summed E-state index contributed by atoms with van der Waals surface area (Å²) in [4.78, 5) is 8.64. The Morgan fingerprint density at radius 1 is 1.47 bits per heavy atom. The number of rotatable bonds is 4. The summed E-state index contributed by atoms with van der Waals surface area (Å²) in [5, 5.41) is 0. The van der Waals surface area contributed by atoms with Crippen molar-refractivity contribution in [3.05, 3.63) is 0 Å². The lowest BCUT2D eigenvalue weighted by molar-refractivity contribution is 0.237. The van der Waals surface area contributed by atoms with Gasteiger partial charge in [-0.05, 0) is 13.3 Å². The van der Waals surface area contributed by atoms with Crippen LogP contribution in [0.4, 0.5) is 0 Å². The average Bonchev–Trinajstić information content (AvgIpc) is 2.84. The van der Waals surface area contributed by atoms with Crippen LogP contribution in [0.1, 0.15) is 26.7 Å². The molecule has 0 aromatic carbocycles. The molecule has 2 heterocycles. The largest absolute Gasteiger partial charge is 0.479 e. The van der Waals surface area contributed by atoms with Gasteiger partial charge < -0.3 is 9.47 Å². The Morgan fingerprint density at radius 2 is 2.33 bits per heavy atom. The van der Waals surface area contributed by atoms with E-state index in [2.05, 4.69) is 16.9 Å². The van der Waals surface area contributed by atoms with Crippen molar-refractivity contribution in [1.82, 2.24) is 0 Å². The van der Waals surface area contributed by atoms with Gasteiger partial charge in [-0.2, -0.15) is 0 Å². The van der Waals surface area contributed by atoms with Crippen LogP contribution in [0.2, 0.25) is 0 Å². The second-order valence-electron chi connectivity index (χ2n) is 4.17. The van der Waals surface area contributed by atoms with E-state index in [1.54, 1.807) is 0 Å². The van der Waals surface area contributed by atoms with Crippen LogP contribution in [0.3, 0.4) is 0 Å². The van der Waals surface area contributed by atoms with Gasteiger partial charge >= 0.3 is 0 Å². The molecule has 0 bridgehead atoms. The van der Waals surface area contributed by atoms with Crippen molar-refractivity contribution in [2.45, 2.75) is 32.8 Å². The zero-order chi connectivity index (χ0) is 10.7. The van der Waals surface area contributed by atoms with E-state index in [-0.39, 0.29) is 6.10 Å². The molecule has 0 radical (unpaired) electrons. The van der Waals surface area contributed by atoms with Gasteiger partial charge in [-0.25, -0.2) is 0 Å². The SMILES string of the molecule is CC1CN=C(CCC(C)C2=NCCO2)O1. The van der Waals surface area contributed by atoms with Crippen LogP contribution >= 0.6 is 0 Å². The predicted molar refractivity (Wildman–Crippen MR) is 59.5 cm³/mol. The van der Waals surface area contributed by atoms with E-state index in [0.717, 1.165) is 44.3 Å². The molecule has 0 N–H and O–H groups in total. The molecule has 0 spiro atoms. The third kappa shape index (κ3) is 2.70. The Labute approximate surface area is 90.4 Å². The Kier molecular flexibility index (Phi) is 3.23. The second kappa shape index (κ2) is 4.64. The molecule has 0 aliphatic carbocycles. The van der Waals surface area contributed by atoms with Crippen LogP contribution in [-0.2, 0) is 9.47 Å². The van der Waals surface area contributed by atoms with Crippen LogP contribution in [-0.4, -0.2) is 37.6 Å². The first-order chi connectivity index (χ1) is 7.25. The summed E-state index contributed by atoms with van der Waals surface area (Å²) in [7, 11) is 0. The van der Waals surface area contributed by atoms with Gasteiger partial charge in [-0.1, -0.05) is 6.92 Å². The van der Waals surface area contributed by atoms with Gasteiger partial charge in [-0.3, -0.25) is 9.98 Å². The summed E-state index contributed by atoms with van der Waals surface area (Å²) < 4.78 is 11.0. The molecule has 4 heteroatoms. The average molecular weight is 210 g/mol. The molecule has 84 valence electrons. The van der Waals surface area contributed by atoms with Crippen molar-refractivity contribution in [2.75, 3.05) is 19.7 Å². The van der Waals surface area contributed by atoms with Gasteiger partial charge in [0, 0.05) is 12.3 Å². The second-order valence-corrected chi connectivity index (χ2v) is 4.17. The highest BCUT2D eigenvalue weighted by atomic mass is 16.5. The van der Waals surface area contributed by atoms with Gasteiger partial charge in [0.1, 0.15) is 12.7 Å². The van der Waals surface area contributed by atoms with Gasteiger partial charge in [0.25, 0.3) is 0 Å². The summed E-state index contributed by atoms with van der Waals surface area (Å²) in [6, 6.07) is 0. The standard InChI is InChI=1S/C11H18N2O2/c1-8(11-12-5-6-14-11)3-4-10-13-7-9(2)15-10/h8-9H,3-7H2,1-2H3. The number of hydrogen-bond donors (Lipinski definition) is 0. The van der Waals surface area contributed by atoms with Crippen molar-refractivity contribution >= 4 is 11.8 Å². The van der Waals surface area contributed by atoms with E-state index in [9.17, 15) is 0 Å². The van der Waals surface area contributed by atoms with Crippen molar-refractivity contribution < 1.29 is 9.47 Å². The molecular formula is C11H18N2O2. The number of ether oxygens (including phenoxy) is 2. The molecule has 2 aliphatic rings. The van der Waals surface area contributed by atoms with E-state index < -0.39 is 0 Å². The number of hydrogen-bond acceptors (Lipinski definition) is 4. The van der Waals surface area contributed by atoms with Crippen molar-refractivity contribution in [1.29, 1.82) is 0 Å². The minimum absolute atomic E-state index is 0.260. The maximum atomic E-state index is 5.54. The van der Waals surface area contributed by atoms with Crippen molar-refractivity contribution in [2.24, 2.45) is 15.9 Å². The highest BCUT2D eigenvalue weighted by Crippen LogP contribution is 2.15. The van der Waals surface area contributed by atoms with Gasteiger partial charge in [0.2, 0.25) is 0 Å². The lowest BCUT2D eigenvalue weighted by Gasteiger charge is -2.11. The quantitative estimate of drug-likeness (QED) is 0.708. The fraction of sp³-hybridized carbons (Fsp3) is 0.818. The summed E-state index contributed by atoms with van der Waals surface area (Å²) >= 11 is 0. The third-order valence-electron chi connectivity index (χ3n) is 2.68. The minimum Gasteiger partial charge on any atom is -0.479 e. The molecule has 2 atom stereocenters. The normalized spacial score (nSPS) is 26.7. The van der Waals surface area contributed by atoms with Crippen LogP contribution in [0.5, 0.6) is 0 Å². The van der Waals surface area contributed by atoms with Gasteiger partial charge in [-0.15, -0.1) is 0 Å². The Bertz CT molecular complexity index is 286. The maximum Gasteiger partial charge on any atom is 0.186 e. The van der Waals surface area contributed by atoms with Gasteiger partial charge in [0.05, 0.1) is 13.1 Å². The molecule has 2 rings (SSSR count). The fourth-order valence-corrected chi connectivity index (χ4v) is 1.79. The summed E-state index contributed by atoms with van der Waals surface area (Å²) in [5.74, 6) is 2.18. The molecule has 0 fully saturated rings. The van der Waals surface area contributed by atoms with Crippen LogP contribution in [0.15, 0.2) is 9.98 Å². The summed E-state index contributed by atoms with van der Waals surface area (Å²) in [6.07, 6.45) is 2.16. The highest BCUT2D eigenvalue weighted by Gasteiger charge is 2.19. The fourth-order valence-electron chi connectivity index (χ4n) is 1.79. The molecular weight excluding hydrogens is 192 g/mol. The molecule has 0 saturated carbocycles. The molecule has 2 aliphatic heterocycles. The molecule has 4 nitrogen and oxygen atoms in total. The highest BCUT2D eigenvalue weighted by molar-refractivity contribution is 5.81. The van der Waals surface area contributed by atoms with E-state index in [1.165, 1.54) is 0 Å². The first-order valence-corrected chi connectivity index (χ1v) is 5.63. The maximum absolute atomic E-state index is 5.54. The Hall–Kier alpha value is -1.06. The zero-order valence-corrected chi connectivity index (χ0v) is 9.40. The smallest absolute Gasteiger partial charge is 0.186 e. The lowest BCUT2D eigenvalue weighted by Crippen LogP contribution is -2.14. The van der Waals surface area contributed by atoms with E-state index in [1.807, 2.05) is 6.92 Å². The molecule has 0 amide bonds. The zero-order valence-electron chi connectivity index (χ0n) is 9.40. The van der Waals surface area contributed by atoms with Crippen LogP contribution in [0, 0.1) is 5.92 Å². The molecule has 0 aromatic rings. The molecule has 15 heavy (non-hydrogen) atoms. The molecule has 0 aromatic heterocycles. The number of nitrogens with zero attached hydrogens (tertiary/aromatic N) is 2. The Balaban J connectivity index is 1.73. The van der Waals surface area contributed by atoms with Crippen molar-refractivity contribution in [3.63, 3.8) is 0 Å². The predicted octanol–water partition coefficient (Wildman–Crippen LogP) is 1.65. The summed E-state index contributed by atoms with van der Waals surface area (Å²) in [6.45, 7) is 6.55. The number of aliphatic imine (C=N–C) groups is 2. The molecule has 2 unspecified atom stereocenters. The first-order valence-electron chi connectivity index (χ1n) is 5.63. The van der Waals surface area contributed by atoms with Gasteiger partial charge in [0.15, 0.2) is 11.8 Å². The third-order valence-corrected chi connectivity index (χ3v) is 2.68. The lowest BCUT2D eigenvalue weighted by atomic mass is 10.1.